The number of hydrogen-bond acceptors (Lipinski definition) is 8. The highest BCUT2D eigenvalue weighted by molar-refractivity contribution is 6.08. The van der Waals surface area contributed by atoms with Crippen LogP contribution in [0.5, 0.6) is 23.0 Å². The van der Waals surface area contributed by atoms with E-state index in [0.717, 1.165) is 17.1 Å². The van der Waals surface area contributed by atoms with Crippen LogP contribution < -0.4 is 18.9 Å². The summed E-state index contributed by atoms with van der Waals surface area (Å²) in [6, 6.07) is 9.17. The van der Waals surface area contributed by atoms with Gasteiger partial charge in [0.05, 0.1) is 57.5 Å². The van der Waals surface area contributed by atoms with Crippen LogP contribution in [0.2, 0.25) is 0 Å². The molecule has 0 saturated heterocycles. The molecule has 9 heteroatoms. The number of methoxy groups -OCH3 is 4. The van der Waals surface area contributed by atoms with E-state index in [-0.39, 0.29) is 6.61 Å². The Kier molecular flexibility index (Phi) is 7.81. The van der Waals surface area contributed by atoms with Gasteiger partial charge in [-0.05, 0) is 44.0 Å². The van der Waals surface area contributed by atoms with Crippen molar-refractivity contribution in [1.29, 1.82) is 0 Å². The number of hydrogen-bond donors (Lipinski definition) is 1. The van der Waals surface area contributed by atoms with Crippen molar-refractivity contribution in [3.05, 3.63) is 59.3 Å². The van der Waals surface area contributed by atoms with Crippen molar-refractivity contribution in [2.45, 2.75) is 26.7 Å². The largest absolute Gasteiger partial charge is 0.493 e. The number of H-pyrrole nitrogens is 1. The third-order valence-corrected chi connectivity index (χ3v) is 6.07. The van der Waals surface area contributed by atoms with Gasteiger partial charge in [-0.3, -0.25) is 4.98 Å². The summed E-state index contributed by atoms with van der Waals surface area (Å²) < 4.78 is 27.6. The topological polar surface area (TPSA) is 105 Å². The first-order valence-electron chi connectivity index (χ1n) is 11.9. The van der Waals surface area contributed by atoms with Crippen LogP contribution in [-0.2, 0) is 17.6 Å². The number of esters is 1. The highest BCUT2D eigenvalue weighted by Crippen LogP contribution is 2.42. The molecule has 0 radical (unpaired) electrons. The summed E-state index contributed by atoms with van der Waals surface area (Å²) >= 11 is 0. The van der Waals surface area contributed by atoms with Crippen molar-refractivity contribution in [3.8, 4) is 34.1 Å². The molecule has 0 saturated carbocycles. The van der Waals surface area contributed by atoms with Gasteiger partial charge in [0.25, 0.3) is 0 Å². The van der Waals surface area contributed by atoms with Crippen LogP contribution in [0.3, 0.4) is 0 Å². The van der Waals surface area contributed by atoms with E-state index in [0.29, 0.717) is 63.6 Å². The van der Waals surface area contributed by atoms with E-state index in [9.17, 15) is 4.79 Å². The van der Waals surface area contributed by atoms with Gasteiger partial charge in [0.2, 0.25) is 0 Å². The molecule has 9 nitrogen and oxygen atoms in total. The minimum Gasteiger partial charge on any atom is -0.493 e. The fourth-order valence-electron chi connectivity index (χ4n) is 4.37. The summed E-state index contributed by atoms with van der Waals surface area (Å²) in [6.45, 7) is 3.93. The van der Waals surface area contributed by atoms with Crippen LogP contribution in [0.25, 0.3) is 22.0 Å². The SMILES string of the molecule is CCOC(=O)c1c(CCc2nc(C)c[nH]2)nc2cc(OC)c(OC)cc2c1-c1ccc(OC)c(OC)c1. The van der Waals surface area contributed by atoms with Gasteiger partial charge >= 0.3 is 5.97 Å². The molecular weight excluding hydrogens is 474 g/mol. The number of aromatic amines is 1. The molecule has 37 heavy (non-hydrogen) atoms. The molecular formula is C28H31N3O6. The lowest BCUT2D eigenvalue weighted by Gasteiger charge is -2.19. The molecule has 0 atom stereocenters. The van der Waals surface area contributed by atoms with Crippen LogP contribution in [-0.4, -0.2) is 56.0 Å². The second kappa shape index (κ2) is 11.2. The molecule has 4 rings (SSSR count). The van der Waals surface area contributed by atoms with Gasteiger partial charge < -0.3 is 28.7 Å². The Bertz CT molecular complexity index is 1430. The molecule has 0 aliphatic carbocycles. The molecule has 0 bridgehead atoms. The lowest BCUT2D eigenvalue weighted by atomic mass is 9.92. The van der Waals surface area contributed by atoms with E-state index in [2.05, 4.69) is 9.97 Å². The summed E-state index contributed by atoms with van der Waals surface area (Å²) in [5.41, 5.74) is 3.94. The second-order valence-electron chi connectivity index (χ2n) is 8.31. The zero-order chi connectivity index (χ0) is 26.5. The Morgan fingerprint density at radius 3 is 2.16 bits per heavy atom. The predicted molar refractivity (Wildman–Crippen MR) is 140 cm³/mol. The van der Waals surface area contributed by atoms with Crippen molar-refractivity contribution < 1.29 is 28.5 Å². The molecule has 2 aromatic heterocycles. The van der Waals surface area contributed by atoms with Crippen LogP contribution >= 0.6 is 0 Å². The molecule has 0 aliphatic heterocycles. The maximum Gasteiger partial charge on any atom is 0.340 e. The second-order valence-corrected chi connectivity index (χ2v) is 8.31. The third kappa shape index (κ3) is 5.16. The molecule has 194 valence electrons. The van der Waals surface area contributed by atoms with Crippen LogP contribution in [0.4, 0.5) is 0 Å². The number of imidazole rings is 1. The minimum atomic E-state index is -0.456. The molecule has 4 aromatic rings. The van der Waals surface area contributed by atoms with Gasteiger partial charge in [-0.2, -0.15) is 0 Å². The lowest BCUT2D eigenvalue weighted by molar-refractivity contribution is 0.0525. The molecule has 0 aliphatic rings. The van der Waals surface area contributed by atoms with Gasteiger partial charge in [-0.1, -0.05) is 6.07 Å². The summed E-state index contributed by atoms with van der Waals surface area (Å²) in [7, 11) is 6.30. The Balaban J connectivity index is 2.03. The summed E-state index contributed by atoms with van der Waals surface area (Å²) in [5, 5.41) is 0.713. The molecule has 2 aromatic carbocycles. The summed E-state index contributed by atoms with van der Waals surface area (Å²) in [5.74, 6) is 2.53. The number of nitrogens with zero attached hydrogens (tertiary/aromatic N) is 2. The fourth-order valence-corrected chi connectivity index (χ4v) is 4.37. The first-order chi connectivity index (χ1) is 17.9. The molecule has 0 spiro atoms. The molecule has 2 heterocycles. The molecule has 0 fully saturated rings. The van der Waals surface area contributed by atoms with Crippen molar-refractivity contribution in [1.82, 2.24) is 15.0 Å². The number of aromatic nitrogens is 3. The van der Waals surface area contributed by atoms with Gasteiger partial charge in [0.15, 0.2) is 23.0 Å². The summed E-state index contributed by atoms with van der Waals surface area (Å²) in [6.07, 6.45) is 2.88. The lowest BCUT2D eigenvalue weighted by Crippen LogP contribution is -2.14. The number of benzene rings is 2. The zero-order valence-electron chi connectivity index (χ0n) is 21.9. The number of carbonyl (C=O) groups excluding carboxylic acids is 1. The standard InChI is InChI=1S/C28H31N3O6/c1-7-37-28(32)27-19(9-11-25-29-15-16(2)30-25)31-20-14-24(36-6)23(35-5)13-18(20)26(27)17-8-10-21(33-3)22(12-17)34-4/h8,10,12-15H,7,9,11H2,1-6H3,(H,29,30). The Hall–Kier alpha value is -4.27. The van der Waals surface area contributed by atoms with Crippen LogP contribution in [0.15, 0.2) is 36.5 Å². The fraction of sp³-hybridized carbons (Fsp3) is 0.321. The van der Waals surface area contributed by atoms with Crippen molar-refractivity contribution in [3.63, 3.8) is 0 Å². The zero-order valence-corrected chi connectivity index (χ0v) is 21.9. The van der Waals surface area contributed by atoms with E-state index in [4.69, 9.17) is 28.7 Å². The van der Waals surface area contributed by atoms with Crippen molar-refractivity contribution >= 4 is 16.9 Å². The van der Waals surface area contributed by atoms with Crippen molar-refractivity contribution in [2.75, 3.05) is 35.0 Å². The predicted octanol–water partition coefficient (Wildman–Crippen LogP) is 4.93. The Morgan fingerprint density at radius 1 is 0.865 bits per heavy atom. The highest BCUT2D eigenvalue weighted by atomic mass is 16.5. The quantitative estimate of drug-likeness (QED) is 0.303. The number of rotatable bonds is 10. The number of nitrogens with one attached hydrogen (secondary N) is 1. The van der Waals surface area contributed by atoms with Gasteiger partial charge in [-0.25, -0.2) is 9.78 Å². The first-order valence-corrected chi connectivity index (χ1v) is 11.9. The van der Waals surface area contributed by atoms with E-state index >= 15 is 0 Å². The average molecular weight is 506 g/mol. The Morgan fingerprint density at radius 2 is 1.54 bits per heavy atom. The number of ether oxygens (including phenoxy) is 5. The van der Waals surface area contributed by atoms with E-state index in [1.165, 1.54) is 0 Å². The maximum absolute atomic E-state index is 13.5. The van der Waals surface area contributed by atoms with Gasteiger partial charge in [0, 0.05) is 29.6 Å². The number of pyridine rings is 1. The highest BCUT2D eigenvalue weighted by Gasteiger charge is 2.25. The van der Waals surface area contributed by atoms with E-state index in [1.807, 2.05) is 37.4 Å². The average Bonchev–Trinajstić information content (AvgIpc) is 3.34. The number of fused-ring (bicyclic) bond motifs is 1. The molecule has 0 amide bonds. The van der Waals surface area contributed by atoms with Gasteiger partial charge in [-0.15, -0.1) is 0 Å². The smallest absolute Gasteiger partial charge is 0.340 e. The van der Waals surface area contributed by atoms with Crippen molar-refractivity contribution in [2.24, 2.45) is 0 Å². The van der Waals surface area contributed by atoms with Gasteiger partial charge in [0.1, 0.15) is 5.82 Å². The number of aryl methyl sites for hydroxylation is 3. The Labute approximate surface area is 215 Å². The summed E-state index contributed by atoms with van der Waals surface area (Å²) in [4.78, 5) is 26.1. The minimum absolute atomic E-state index is 0.227. The van der Waals surface area contributed by atoms with E-state index < -0.39 is 5.97 Å². The van der Waals surface area contributed by atoms with Crippen LogP contribution in [0, 0.1) is 6.92 Å². The normalized spacial score (nSPS) is 10.9. The van der Waals surface area contributed by atoms with Crippen LogP contribution in [0.1, 0.15) is 34.5 Å². The molecule has 1 N–H and O–H groups in total. The number of carbonyl (C=O) groups is 1. The monoisotopic (exact) mass is 505 g/mol. The molecule has 0 unspecified atom stereocenters. The maximum atomic E-state index is 13.5. The first kappa shape index (κ1) is 25.8. The van der Waals surface area contributed by atoms with E-state index in [1.54, 1.807) is 41.4 Å². The third-order valence-electron chi connectivity index (χ3n) is 6.07.